The Labute approximate surface area is 120 Å². The summed E-state index contributed by atoms with van der Waals surface area (Å²) in [4.78, 5) is 23.9. The van der Waals surface area contributed by atoms with E-state index in [1.165, 1.54) is 11.8 Å². The van der Waals surface area contributed by atoms with Crippen molar-refractivity contribution in [2.75, 3.05) is 19.0 Å². The molecule has 0 unspecified atom stereocenters. The Hall–Kier alpha value is -1.99. The highest BCUT2D eigenvalue weighted by Crippen LogP contribution is 2.18. The second-order valence-corrected chi connectivity index (χ2v) is 4.61. The van der Waals surface area contributed by atoms with Crippen molar-refractivity contribution in [1.82, 2.24) is 15.0 Å². The molecular weight excluding hydrogens is 278 g/mol. The van der Waals surface area contributed by atoms with Gasteiger partial charge in [-0.2, -0.15) is 0 Å². The van der Waals surface area contributed by atoms with Crippen LogP contribution in [0.5, 0.6) is 0 Å². The fourth-order valence-electron chi connectivity index (χ4n) is 1.39. The number of rotatable bonds is 6. The van der Waals surface area contributed by atoms with E-state index in [0.29, 0.717) is 10.9 Å². The van der Waals surface area contributed by atoms with Gasteiger partial charge in [-0.25, -0.2) is 9.97 Å². The molecule has 0 saturated carbocycles. The van der Waals surface area contributed by atoms with Crippen molar-refractivity contribution in [2.45, 2.75) is 5.16 Å². The van der Waals surface area contributed by atoms with E-state index < -0.39 is 5.97 Å². The number of esters is 1. The number of hydrogen-bond acceptors (Lipinski definition) is 7. The minimum atomic E-state index is -0.407. The maximum absolute atomic E-state index is 11.3. The van der Waals surface area contributed by atoms with Crippen molar-refractivity contribution < 1.29 is 14.6 Å². The smallest absolute Gasteiger partial charge is 0.316 e. The molecule has 0 aromatic carbocycles. The van der Waals surface area contributed by atoms with E-state index in [1.54, 1.807) is 18.5 Å². The average molecular weight is 291 g/mol. The fourth-order valence-corrected chi connectivity index (χ4v) is 2.02. The summed E-state index contributed by atoms with van der Waals surface area (Å²) < 4.78 is 4.75. The second kappa shape index (κ2) is 7.56. The number of thioether (sulfide) groups is 1. The van der Waals surface area contributed by atoms with Crippen LogP contribution in [0.15, 0.2) is 41.8 Å². The van der Waals surface area contributed by atoms with E-state index in [9.17, 15) is 4.79 Å². The predicted molar refractivity (Wildman–Crippen MR) is 74.0 cm³/mol. The number of hydrogen-bond donors (Lipinski definition) is 1. The number of aromatic nitrogens is 3. The van der Waals surface area contributed by atoms with Crippen LogP contribution in [-0.2, 0) is 9.53 Å². The molecule has 2 aromatic rings. The SMILES string of the molecule is O=C(CSc1nccc(-c2ccccn2)n1)OCCO. The van der Waals surface area contributed by atoms with Gasteiger partial charge in [0.2, 0.25) is 0 Å². The molecule has 7 heteroatoms. The van der Waals surface area contributed by atoms with Gasteiger partial charge in [-0.1, -0.05) is 17.8 Å². The highest BCUT2D eigenvalue weighted by atomic mass is 32.2. The maximum atomic E-state index is 11.3. The molecule has 0 amide bonds. The van der Waals surface area contributed by atoms with Crippen LogP contribution < -0.4 is 0 Å². The molecule has 2 heterocycles. The number of aliphatic hydroxyl groups excluding tert-OH is 1. The second-order valence-electron chi connectivity index (χ2n) is 3.67. The molecule has 104 valence electrons. The lowest BCUT2D eigenvalue weighted by Gasteiger charge is -2.03. The average Bonchev–Trinajstić information content (AvgIpc) is 2.52. The quantitative estimate of drug-likeness (QED) is 0.485. The molecule has 0 aliphatic rings. The first-order chi connectivity index (χ1) is 9.79. The molecule has 2 aromatic heterocycles. The number of pyridine rings is 1. The van der Waals surface area contributed by atoms with Crippen LogP contribution in [0, 0.1) is 0 Å². The van der Waals surface area contributed by atoms with Gasteiger partial charge in [0.25, 0.3) is 0 Å². The molecule has 0 saturated heterocycles. The number of nitrogens with zero attached hydrogens (tertiary/aromatic N) is 3. The third-order valence-corrected chi connectivity index (χ3v) is 3.07. The first-order valence-electron chi connectivity index (χ1n) is 5.93. The van der Waals surface area contributed by atoms with Gasteiger partial charge >= 0.3 is 5.97 Å². The molecule has 6 nitrogen and oxygen atoms in total. The highest BCUT2D eigenvalue weighted by molar-refractivity contribution is 7.99. The van der Waals surface area contributed by atoms with Gasteiger partial charge in [-0.05, 0) is 18.2 Å². The van der Waals surface area contributed by atoms with Crippen LogP contribution in [0.25, 0.3) is 11.4 Å². The predicted octanol–water partition coefficient (Wildman–Crippen LogP) is 1.17. The van der Waals surface area contributed by atoms with Crippen molar-refractivity contribution in [3.05, 3.63) is 36.7 Å². The van der Waals surface area contributed by atoms with E-state index in [-0.39, 0.29) is 19.0 Å². The molecule has 0 aliphatic heterocycles. The summed E-state index contributed by atoms with van der Waals surface area (Å²) in [5.41, 5.74) is 1.45. The first-order valence-corrected chi connectivity index (χ1v) is 6.92. The molecule has 2 rings (SSSR count). The molecule has 0 aliphatic carbocycles. The van der Waals surface area contributed by atoms with Crippen LogP contribution >= 0.6 is 11.8 Å². The first kappa shape index (κ1) is 14.4. The fraction of sp³-hybridized carbons (Fsp3) is 0.231. The summed E-state index contributed by atoms with van der Waals surface area (Å²) in [5, 5.41) is 9.03. The Kier molecular flexibility index (Phi) is 5.45. The Morgan fingerprint density at radius 1 is 1.20 bits per heavy atom. The molecule has 0 fully saturated rings. The van der Waals surface area contributed by atoms with Crippen LogP contribution in [0.3, 0.4) is 0 Å². The zero-order chi connectivity index (χ0) is 14.2. The number of aliphatic hydroxyl groups is 1. The Morgan fingerprint density at radius 3 is 2.85 bits per heavy atom. The number of carbonyl (C=O) groups is 1. The molecule has 1 N–H and O–H groups in total. The van der Waals surface area contributed by atoms with Crippen molar-refractivity contribution in [3.63, 3.8) is 0 Å². The van der Waals surface area contributed by atoms with E-state index in [0.717, 1.165) is 5.69 Å². The molecule has 20 heavy (non-hydrogen) atoms. The summed E-state index contributed by atoms with van der Waals surface area (Å²) in [7, 11) is 0. The Bertz CT molecular complexity index is 566. The molecular formula is C13H13N3O3S. The third kappa shape index (κ3) is 4.29. The number of carbonyl (C=O) groups excluding carboxylic acids is 1. The summed E-state index contributed by atoms with van der Waals surface area (Å²) in [5.74, 6) is -0.304. The van der Waals surface area contributed by atoms with Gasteiger partial charge in [0.15, 0.2) is 5.16 Å². The van der Waals surface area contributed by atoms with Crippen molar-refractivity contribution in [2.24, 2.45) is 0 Å². The largest absolute Gasteiger partial charge is 0.463 e. The van der Waals surface area contributed by atoms with E-state index in [1.807, 2.05) is 18.2 Å². The highest BCUT2D eigenvalue weighted by Gasteiger charge is 2.07. The van der Waals surface area contributed by atoms with E-state index in [4.69, 9.17) is 9.84 Å². The van der Waals surface area contributed by atoms with Crippen LogP contribution in [-0.4, -0.2) is 45.0 Å². The van der Waals surface area contributed by atoms with Crippen LogP contribution in [0.1, 0.15) is 0 Å². The lowest BCUT2D eigenvalue weighted by atomic mass is 10.3. The standard InChI is InChI=1S/C13H13N3O3S/c17-7-8-19-12(18)9-20-13-15-6-4-11(16-13)10-3-1-2-5-14-10/h1-6,17H,7-9H2. The van der Waals surface area contributed by atoms with Gasteiger partial charge in [0.05, 0.1) is 23.7 Å². The number of ether oxygens (including phenoxy) is 1. The Morgan fingerprint density at radius 2 is 2.10 bits per heavy atom. The van der Waals surface area contributed by atoms with Crippen molar-refractivity contribution in [1.29, 1.82) is 0 Å². The van der Waals surface area contributed by atoms with Gasteiger partial charge in [0.1, 0.15) is 6.61 Å². The van der Waals surface area contributed by atoms with Gasteiger partial charge in [-0.3, -0.25) is 9.78 Å². The Balaban J connectivity index is 1.98. The summed E-state index contributed by atoms with van der Waals surface area (Å²) in [6.07, 6.45) is 3.31. The third-order valence-electron chi connectivity index (χ3n) is 2.23. The minimum absolute atomic E-state index is 0.00816. The van der Waals surface area contributed by atoms with Gasteiger partial charge in [-0.15, -0.1) is 0 Å². The minimum Gasteiger partial charge on any atom is -0.463 e. The van der Waals surface area contributed by atoms with Crippen LogP contribution in [0.4, 0.5) is 0 Å². The zero-order valence-electron chi connectivity index (χ0n) is 10.6. The van der Waals surface area contributed by atoms with Crippen LogP contribution in [0.2, 0.25) is 0 Å². The monoisotopic (exact) mass is 291 g/mol. The maximum Gasteiger partial charge on any atom is 0.316 e. The summed E-state index contributed by atoms with van der Waals surface area (Å²) >= 11 is 1.18. The van der Waals surface area contributed by atoms with Gasteiger partial charge < -0.3 is 9.84 Å². The molecule has 0 spiro atoms. The lowest BCUT2D eigenvalue weighted by Crippen LogP contribution is -2.10. The topological polar surface area (TPSA) is 85.2 Å². The molecule has 0 bridgehead atoms. The van der Waals surface area contributed by atoms with Crippen molar-refractivity contribution >= 4 is 17.7 Å². The van der Waals surface area contributed by atoms with Crippen molar-refractivity contribution in [3.8, 4) is 11.4 Å². The van der Waals surface area contributed by atoms with E-state index >= 15 is 0 Å². The molecule has 0 radical (unpaired) electrons. The van der Waals surface area contributed by atoms with E-state index in [2.05, 4.69) is 15.0 Å². The zero-order valence-corrected chi connectivity index (χ0v) is 11.4. The lowest BCUT2D eigenvalue weighted by molar-refractivity contribution is -0.141. The summed E-state index contributed by atoms with van der Waals surface area (Å²) in [6, 6.07) is 7.32. The van der Waals surface area contributed by atoms with Gasteiger partial charge in [0, 0.05) is 12.4 Å². The normalized spacial score (nSPS) is 10.2. The summed E-state index contributed by atoms with van der Waals surface area (Å²) in [6.45, 7) is -0.170. The molecule has 0 atom stereocenters.